The van der Waals surface area contributed by atoms with Crippen LogP contribution in [0.15, 0.2) is 47.8 Å². The molecule has 130 valence electrons. The van der Waals surface area contributed by atoms with Crippen LogP contribution in [0.3, 0.4) is 0 Å². The zero-order chi connectivity index (χ0) is 18.5. The van der Waals surface area contributed by atoms with Gasteiger partial charge in [0.05, 0.1) is 16.3 Å². The molecule has 3 rings (SSSR count). The van der Waals surface area contributed by atoms with Gasteiger partial charge in [0, 0.05) is 16.0 Å². The molecule has 0 aliphatic rings. The van der Waals surface area contributed by atoms with Crippen LogP contribution in [-0.4, -0.2) is 17.5 Å². The summed E-state index contributed by atoms with van der Waals surface area (Å²) in [6.07, 6.45) is 0. The van der Waals surface area contributed by atoms with Crippen LogP contribution in [0.5, 0.6) is 5.75 Å². The zero-order valence-electron chi connectivity index (χ0n) is 13.2. The third-order valence-corrected chi connectivity index (χ3v) is 4.64. The molecule has 0 saturated heterocycles. The summed E-state index contributed by atoms with van der Waals surface area (Å²) in [4.78, 5) is 16.4. The number of hydrogen-bond donors (Lipinski definition) is 1. The van der Waals surface area contributed by atoms with E-state index < -0.39 is 0 Å². The molecular formula is C18H11Cl2N3O2S. The predicted octanol–water partition coefficient (Wildman–Crippen LogP) is 5.01. The number of aromatic nitrogens is 1. The van der Waals surface area contributed by atoms with E-state index in [-0.39, 0.29) is 12.5 Å². The van der Waals surface area contributed by atoms with E-state index in [2.05, 4.69) is 10.3 Å². The van der Waals surface area contributed by atoms with Crippen molar-refractivity contribution in [1.29, 1.82) is 5.26 Å². The molecule has 5 nitrogen and oxygen atoms in total. The van der Waals surface area contributed by atoms with Crippen LogP contribution in [0.4, 0.5) is 5.13 Å². The summed E-state index contributed by atoms with van der Waals surface area (Å²) in [5.74, 6) is -0.0217. The number of carbonyl (C=O) groups excluding carboxylic acids is 1. The van der Waals surface area contributed by atoms with Gasteiger partial charge in [0.2, 0.25) is 0 Å². The molecule has 1 N–H and O–H groups in total. The second kappa shape index (κ2) is 8.19. The van der Waals surface area contributed by atoms with Crippen LogP contribution in [0.25, 0.3) is 11.3 Å². The highest BCUT2D eigenvalue weighted by atomic mass is 35.5. The summed E-state index contributed by atoms with van der Waals surface area (Å²) in [7, 11) is 0. The quantitative estimate of drug-likeness (QED) is 0.649. The highest BCUT2D eigenvalue weighted by molar-refractivity contribution is 7.14. The predicted molar refractivity (Wildman–Crippen MR) is 103 cm³/mol. The van der Waals surface area contributed by atoms with Crippen LogP contribution < -0.4 is 10.1 Å². The van der Waals surface area contributed by atoms with Crippen molar-refractivity contribution in [3.05, 3.63) is 63.5 Å². The Bertz CT molecular complexity index is 998. The van der Waals surface area contributed by atoms with Crippen LogP contribution >= 0.6 is 34.5 Å². The number of amides is 1. The molecule has 1 heterocycles. The molecule has 8 heteroatoms. The van der Waals surface area contributed by atoms with E-state index in [0.717, 1.165) is 0 Å². The third-order valence-electron chi connectivity index (χ3n) is 3.32. The molecule has 0 aliphatic carbocycles. The summed E-state index contributed by atoms with van der Waals surface area (Å²) >= 11 is 13.4. The van der Waals surface area contributed by atoms with E-state index in [9.17, 15) is 4.79 Å². The van der Waals surface area contributed by atoms with Gasteiger partial charge < -0.3 is 4.74 Å². The minimum Gasteiger partial charge on any atom is -0.482 e. The number of nitrogens with zero attached hydrogens (tertiary/aromatic N) is 2. The molecule has 0 aliphatic heterocycles. The van der Waals surface area contributed by atoms with Crippen LogP contribution in [-0.2, 0) is 4.79 Å². The maximum absolute atomic E-state index is 12.1. The Balaban J connectivity index is 1.65. The van der Waals surface area contributed by atoms with E-state index in [0.29, 0.717) is 37.7 Å². The van der Waals surface area contributed by atoms with Crippen molar-refractivity contribution < 1.29 is 9.53 Å². The molecule has 26 heavy (non-hydrogen) atoms. The number of para-hydroxylation sites is 1. The lowest BCUT2D eigenvalue weighted by Crippen LogP contribution is -2.20. The molecular weight excluding hydrogens is 393 g/mol. The molecule has 1 amide bonds. The Morgan fingerprint density at radius 3 is 2.88 bits per heavy atom. The smallest absolute Gasteiger partial charge is 0.264 e. The third kappa shape index (κ3) is 4.33. The lowest BCUT2D eigenvalue weighted by molar-refractivity contribution is -0.118. The first-order chi connectivity index (χ1) is 12.6. The van der Waals surface area contributed by atoms with E-state index in [1.165, 1.54) is 11.3 Å². The first-order valence-corrected chi connectivity index (χ1v) is 9.03. The van der Waals surface area contributed by atoms with Gasteiger partial charge in [0.25, 0.3) is 5.91 Å². The van der Waals surface area contributed by atoms with Crippen molar-refractivity contribution in [1.82, 2.24) is 4.98 Å². The molecule has 2 aromatic carbocycles. The minimum atomic E-state index is -0.379. The Kier molecular flexibility index (Phi) is 5.74. The first-order valence-electron chi connectivity index (χ1n) is 7.39. The van der Waals surface area contributed by atoms with Crippen molar-refractivity contribution in [3.63, 3.8) is 0 Å². The number of rotatable bonds is 5. The number of anilines is 1. The van der Waals surface area contributed by atoms with E-state index >= 15 is 0 Å². The van der Waals surface area contributed by atoms with Crippen LogP contribution in [0, 0.1) is 11.3 Å². The summed E-state index contributed by atoms with van der Waals surface area (Å²) < 4.78 is 5.39. The standard InChI is InChI=1S/C18H11Cl2N3O2S/c19-12-5-6-14(20)13(7-12)15-10-26-18(22-15)23-17(24)9-25-16-4-2-1-3-11(16)8-21/h1-7,10H,9H2,(H,22,23,24). The molecule has 0 bridgehead atoms. The first kappa shape index (κ1) is 18.2. The molecule has 0 radical (unpaired) electrons. The normalized spacial score (nSPS) is 10.2. The van der Waals surface area contributed by atoms with Crippen molar-refractivity contribution in [2.24, 2.45) is 0 Å². The van der Waals surface area contributed by atoms with E-state index in [1.807, 2.05) is 6.07 Å². The molecule has 0 saturated carbocycles. The highest BCUT2D eigenvalue weighted by Gasteiger charge is 2.12. The van der Waals surface area contributed by atoms with E-state index in [1.54, 1.807) is 47.8 Å². The molecule has 3 aromatic rings. The van der Waals surface area contributed by atoms with Gasteiger partial charge in [-0.15, -0.1) is 11.3 Å². The van der Waals surface area contributed by atoms with Crippen molar-refractivity contribution in [2.75, 3.05) is 11.9 Å². The Morgan fingerprint density at radius 2 is 2.08 bits per heavy atom. The van der Waals surface area contributed by atoms with Gasteiger partial charge in [-0.25, -0.2) is 4.98 Å². The lowest BCUT2D eigenvalue weighted by Gasteiger charge is -2.07. The number of halogens is 2. The van der Waals surface area contributed by atoms with Crippen LogP contribution in [0.1, 0.15) is 5.56 Å². The second-order valence-corrected chi connectivity index (χ2v) is 6.81. The van der Waals surface area contributed by atoms with Gasteiger partial charge in [-0.3, -0.25) is 10.1 Å². The van der Waals surface area contributed by atoms with Gasteiger partial charge in [-0.2, -0.15) is 5.26 Å². The number of nitrogens with one attached hydrogen (secondary N) is 1. The zero-order valence-corrected chi connectivity index (χ0v) is 15.5. The fourth-order valence-corrected chi connectivity index (χ4v) is 3.25. The maximum atomic E-state index is 12.1. The number of nitriles is 1. The number of carbonyl (C=O) groups is 1. The Labute approximate surface area is 163 Å². The number of benzene rings is 2. The number of hydrogen-bond acceptors (Lipinski definition) is 5. The summed E-state index contributed by atoms with van der Waals surface area (Å²) in [5, 5.41) is 14.9. The van der Waals surface area contributed by atoms with Crippen LogP contribution in [0.2, 0.25) is 10.0 Å². The second-order valence-electron chi connectivity index (χ2n) is 5.11. The summed E-state index contributed by atoms with van der Waals surface area (Å²) in [6, 6.07) is 13.8. The van der Waals surface area contributed by atoms with Gasteiger partial charge in [-0.05, 0) is 30.3 Å². The fraction of sp³-hybridized carbons (Fsp3) is 0.0556. The highest BCUT2D eigenvalue weighted by Crippen LogP contribution is 2.32. The minimum absolute atomic E-state index is 0.231. The van der Waals surface area contributed by atoms with Crippen molar-refractivity contribution in [2.45, 2.75) is 0 Å². The molecule has 0 spiro atoms. The SMILES string of the molecule is N#Cc1ccccc1OCC(=O)Nc1nc(-c2cc(Cl)ccc2Cl)cs1. The van der Waals surface area contributed by atoms with Gasteiger partial charge in [-0.1, -0.05) is 35.3 Å². The largest absolute Gasteiger partial charge is 0.482 e. The summed E-state index contributed by atoms with van der Waals surface area (Å²) in [6.45, 7) is -0.231. The Morgan fingerprint density at radius 1 is 1.27 bits per heavy atom. The number of thiazole rings is 1. The van der Waals surface area contributed by atoms with Gasteiger partial charge >= 0.3 is 0 Å². The lowest BCUT2D eigenvalue weighted by atomic mass is 10.2. The molecule has 0 fully saturated rings. The molecule has 0 atom stereocenters. The van der Waals surface area contributed by atoms with Crippen molar-refractivity contribution in [3.8, 4) is 23.1 Å². The molecule has 1 aromatic heterocycles. The van der Waals surface area contributed by atoms with E-state index in [4.69, 9.17) is 33.2 Å². The monoisotopic (exact) mass is 403 g/mol. The fourth-order valence-electron chi connectivity index (χ4n) is 2.13. The van der Waals surface area contributed by atoms with Crippen molar-refractivity contribution >= 4 is 45.6 Å². The average Bonchev–Trinajstić information content (AvgIpc) is 3.10. The van der Waals surface area contributed by atoms with Gasteiger partial charge in [0.1, 0.15) is 11.8 Å². The molecule has 0 unspecified atom stereocenters. The number of ether oxygens (including phenoxy) is 1. The van der Waals surface area contributed by atoms with Gasteiger partial charge in [0.15, 0.2) is 11.7 Å². The topological polar surface area (TPSA) is 75.0 Å². The Hall–Kier alpha value is -2.59. The maximum Gasteiger partial charge on any atom is 0.264 e. The summed E-state index contributed by atoms with van der Waals surface area (Å²) in [5.41, 5.74) is 1.68. The average molecular weight is 404 g/mol.